The lowest BCUT2D eigenvalue weighted by Crippen LogP contribution is -2.41. The van der Waals surface area contributed by atoms with Crippen molar-refractivity contribution in [3.05, 3.63) is 23.8 Å². The Hall–Kier alpha value is -3.14. The Morgan fingerprint density at radius 3 is 1.95 bits per heavy atom. The Kier molecular flexibility index (Phi) is 14.7. The molecular formula is C30H47NO9. The highest BCUT2D eigenvalue weighted by Gasteiger charge is 2.24. The highest BCUT2D eigenvalue weighted by atomic mass is 16.7. The van der Waals surface area contributed by atoms with E-state index in [1.54, 1.807) is 18.2 Å². The summed E-state index contributed by atoms with van der Waals surface area (Å²) in [6.07, 6.45) is 2.50. The molecule has 0 unspecified atom stereocenters. The van der Waals surface area contributed by atoms with Gasteiger partial charge in [0.15, 0.2) is 11.5 Å². The van der Waals surface area contributed by atoms with E-state index in [4.69, 9.17) is 23.7 Å². The number of esters is 3. The van der Waals surface area contributed by atoms with Gasteiger partial charge in [-0.25, -0.2) is 4.79 Å². The van der Waals surface area contributed by atoms with Gasteiger partial charge in [0.2, 0.25) is 0 Å². The van der Waals surface area contributed by atoms with Crippen molar-refractivity contribution in [1.82, 2.24) is 5.32 Å². The molecule has 40 heavy (non-hydrogen) atoms. The fraction of sp³-hybridized carbons (Fsp3) is 0.667. The largest absolute Gasteiger partial charge is 0.508 e. The molecule has 0 radical (unpaired) electrons. The van der Waals surface area contributed by atoms with Crippen molar-refractivity contribution in [1.29, 1.82) is 0 Å². The molecule has 0 aliphatic heterocycles. The molecule has 0 aliphatic carbocycles. The Bertz CT molecular complexity index is 976. The molecule has 0 fully saturated rings. The van der Waals surface area contributed by atoms with Crippen molar-refractivity contribution >= 4 is 24.1 Å². The van der Waals surface area contributed by atoms with Gasteiger partial charge < -0.3 is 29.0 Å². The smallest absolute Gasteiger partial charge is 0.468 e. The monoisotopic (exact) mass is 565 g/mol. The highest BCUT2D eigenvalue weighted by molar-refractivity contribution is 5.78. The maximum atomic E-state index is 12.6. The molecule has 0 spiro atoms. The third kappa shape index (κ3) is 15.5. The van der Waals surface area contributed by atoms with Crippen LogP contribution >= 0.6 is 0 Å². The van der Waals surface area contributed by atoms with Gasteiger partial charge in [0.1, 0.15) is 12.6 Å². The molecule has 1 aromatic carbocycles. The molecule has 0 saturated carbocycles. The molecule has 10 heteroatoms. The summed E-state index contributed by atoms with van der Waals surface area (Å²) in [6, 6.07) is 4.02. The number of hydrogen-bond acceptors (Lipinski definition) is 10. The van der Waals surface area contributed by atoms with Crippen LogP contribution in [0.1, 0.15) is 86.1 Å². The number of rotatable bonds is 15. The normalized spacial score (nSPS) is 12.3. The van der Waals surface area contributed by atoms with Crippen LogP contribution in [0.15, 0.2) is 18.2 Å². The van der Waals surface area contributed by atoms with Crippen molar-refractivity contribution < 1.29 is 42.9 Å². The van der Waals surface area contributed by atoms with E-state index in [9.17, 15) is 19.2 Å². The van der Waals surface area contributed by atoms with Gasteiger partial charge in [-0.1, -0.05) is 67.4 Å². The van der Waals surface area contributed by atoms with Crippen LogP contribution in [0.4, 0.5) is 4.79 Å². The van der Waals surface area contributed by atoms with Gasteiger partial charge in [-0.2, -0.15) is 0 Å². The summed E-state index contributed by atoms with van der Waals surface area (Å²) in [5.41, 5.74) is 0.0461. The predicted molar refractivity (Wildman–Crippen MR) is 150 cm³/mol. The lowest BCUT2D eigenvalue weighted by atomic mass is 9.92. The number of carbonyl (C=O) groups excluding carboxylic acids is 4. The van der Waals surface area contributed by atoms with Crippen molar-refractivity contribution in [3.8, 4) is 11.5 Å². The summed E-state index contributed by atoms with van der Waals surface area (Å²) < 4.78 is 26.1. The zero-order valence-corrected chi connectivity index (χ0v) is 25.3. The average Bonchev–Trinajstić information content (AvgIpc) is 2.82. The van der Waals surface area contributed by atoms with Crippen molar-refractivity contribution in [2.45, 2.75) is 93.0 Å². The van der Waals surface area contributed by atoms with Crippen LogP contribution in [0.25, 0.3) is 0 Å². The van der Waals surface area contributed by atoms with E-state index in [1.807, 2.05) is 41.5 Å². The maximum absolute atomic E-state index is 12.6. The number of unbranched alkanes of at least 4 members (excludes halogenated alkanes) is 2. The van der Waals surface area contributed by atoms with E-state index < -0.39 is 30.1 Å². The van der Waals surface area contributed by atoms with Gasteiger partial charge >= 0.3 is 24.1 Å². The first-order valence-corrected chi connectivity index (χ1v) is 13.8. The van der Waals surface area contributed by atoms with Gasteiger partial charge in [-0.3, -0.25) is 14.4 Å². The summed E-state index contributed by atoms with van der Waals surface area (Å²) >= 11 is 0. The van der Waals surface area contributed by atoms with E-state index in [0.29, 0.717) is 12.2 Å². The molecule has 1 aromatic rings. The first-order chi connectivity index (χ1) is 18.6. The molecule has 0 aliphatic rings. The molecule has 1 N–H and O–H groups in total. The van der Waals surface area contributed by atoms with Crippen LogP contribution in [-0.2, 0) is 35.0 Å². The van der Waals surface area contributed by atoms with Crippen LogP contribution in [0.5, 0.6) is 11.5 Å². The molecule has 0 aromatic heterocycles. The second-order valence-electron chi connectivity index (χ2n) is 12.1. The highest BCUT2D eigenvalue weighted by Crippen LogP contribution is 2.32. The Morgan fingerprint density at radius 1 is 0.825 bits per heavy atom. The van der Waals surface area contributed by atoms with Crippen LogP contribution in [0.3, 0.4) is 0 Å². The first-order valence-electron chi connectivity index (χ1n) is 13.8. The second kappa shape index (κ2) is 16.8. The first kappa shape index (κ1) is 34.9. The fourth-order valence-electron chi connectivity index (χ4n) is 3.56. The maximum Gasteiger partial charge on any atom is 0.508 e. The number of ether oxygens (including phenoxy) is 5. The molecule has 1 rings (SSSR count). The molecule has 10 nitrogen and oxygen atoms in total. The average molecular weight is 566 g/mol. The summed E-state index contributed by atoms with van der Waals surface area (Å²) in [5.74, 6) is -1.24. The summed E-state index contributed by atoms with van der Waals surface area (Å²) in [7, 11) is 1.28. The van der Waals surface area contributed by atoms with Crippen LogP contribution < -0.4 is 14.8 Å². The number of methoxy groups -OCH3 is 1. The standard InChI is InChI=1S/C30H47NO9/c1-9-10-11-15-37-28(35)38-16-14-31-22(27(34)36-8)17-21-12-13-23(39-25(32)19-29(2,3)4)24(18-21)40-26(33)20-30(5,6)7/h12-13,18,22,31H,9-11,14-17,19-20H2,1-8H3/t22-/m0/s1. The molecule has 0 bridgehead atoms. The van der Waals surface area contributed by atoms with Gasteiger partial charge in [0.05, 0.1) is 26.6 Å². The minimum Gasteiger partial charge on any atom is -0.468 e. The van der Waals surface area contributed by atoms with E-state index in [1.165, 1.54) is 7.11 Å². The molecular weight excluding hydrogens is 518 g/mol. The van der Waals surface area contributed by atoms with Crippen LogP contribution in [-0.4, -0.2) is 57.0 Å². The Morgan fingerprint density at radius 2 is 1.40 bits per heavy atom. The topological polar surface area (TPSA) is 126 Å². The van der Waals surface area contributed by atoms with Crippen LogP contribution in [0, 0.1) is 10.8 Å². The summed E-state index contributed by atoms with van der Waals surface area (Å²) in [4.78, 5) is 49.2. The third-order valence-electron chi connectivity index (χ3n) is 5.41. The van der Waals surface area contributed by atoms with E-state index in [0.717, 1.165) is 19.3 Å². The van der Waals surface area contributed by atoms with E-state index in [2.05, 4.69) is 12.2 Å². The SMILES string of the molecule is CCCCCOC(=O)OCCN[C@@H](Cc1ccc(OC(=O)CC(C)(C)C)c(OC(=O)CC(C)(C)C)c1)C(=O)OC. The molecule has 0 saturated heterocycles. The third-order valence-corrected chi connectivity index (χ3v) is 5.41. The van der Waals surface area contributed by atoms with Gasteiger partial charge in [-0.05, 0) is 41.4 Å². The number of hydrogen-bond donors (Lipinski definition) is 1. The van der Waals surface area contributed by atoms with E-state index in [-0.39, 0.29) is 54.7 Å². The fourth-order valence-corrected chi connectivity index (χ4v) is 3.56. The van der Waals surface area contributed by atoms with Crippen molar-refractivity contribution in [2.24, 2.45) is 10.8 Å². The molecule has 1 atom stereocenters. The number of nitrogens with one attached hydrogen (secondary N) is 1. The van der Waals surface area contributed by atoms with Crippen LogP contribution in [0.2, 0.25) is 0 Å². The molecule has 226 valence electrons. The van der Waals surface area contributed by atoms with Crippen molar-refractivity contribution in [3.63, 3.8) is 0 Å². The van der Waals surface area contributed by atoms with Gasteiger partial charge in [0.25, 0.3) is 0 Å². The minimum absolute atomic E-state index is 0.00155. The van der Waals surface area contributed by atoms with E-state index >= 15 is 0 Å². The second-order valence-corrected chi connectivity index (χ2v) is 12.1. The zero-order valence-electron chi connectivity index (χ0n) is 25.3. The molecule has 0 amide bonds. The molecule has 0 heterocycles. The van der Waals surface area contributed by atoms with Gasteiger partial charge in [-0.15, -0.1) is 0 Å². The van der Waals surface area contributed by atoms with Gasteiger partial charge in [0, 0.05) is 6.54 Å². The predicted octanol–water partition coefficient (Wildman–Crippen LogP) is 5.39. The Balaban J connectivity index is 2.96. The minimum atomic E-state index is -0.776. The quantitative estimate of drug-likeness (QED) is 0.168. The lowest BCUT2D eigenvalue weighted by molar-refractivity contribution is -0.143. The zero-order chi connectivity index (χ0) is 30.3. The number of benzene rings is 1. The van der Waals surface area contributed by atoms with Crippen molar-refractivity contribution in [2.75, 3.05) is 26.9 Å². The number of carbonyl (C=O) groups is 4. The summed E-state index contributed by atoms with van der Waals surface area (Å²) in [6.45, 7) is 14.0. The Labute approximate surface area is 238 Å². The lowest BCUT2D eigenvalue weighted by Gasteiger charge is -2.20. The summed E-state index contributed by atoms with van der Waals surface area (Å²) in [5, 5.41) is 3.01.